The topological polar surface area (TPSA) is 92.7 Å². The molecule has 0 bridgehead atoms. The molecule has 0 spiro atoms. The lowest BCUT2D eigenvalue weighted by atomic mass is 10.1. The van der Waals surface area contributed by atoms with E-state index in [1.807, 2.05) is 6.92 Å². The highest BCUT2D eigenvalue weighted by molar-refractivity contribution is 5.92. The van der Waals surface area contributed by atoms with Gasteiger partial charge in [-0.15, -0.1) is 0 Å². The van der Waals surface area contributed by atoms with Crippen LogP contribution < -0.4 is 5.32 Å². The number of unbranched alkanes of at least 4 members (excludes halogenated alkanes) is 3. The van der Waals surface area contributed by atoms with E-state index in [0.717, 1.165) is 31.2 Å². The largest absolute Gasteiger partial charge is 0.481 e. The second-order valence-electron chi connectivity index (χ2n) is 6.23. The first-order valence-corrected chi connectivity index (χ1v) is 9.27. The molecule has 0 radical (unpaired) electrons. The monoisotopic (exact) mass is 363 g/mol. The summed E-state index contributed by atoms with van der Waals surface area (Å²) in [5.74, 6) is -1.67. The molecular formula is C20H29NO5. The lowest BCUT2D eigenvalue weighted by Gasteiger charge is -2.17. The maximum Gasteiger partial charge on any atom is 0.338 e. The van der Waals surface area contributed by atoms with Crippen molar-refractivity contribution in [2.75, 3.05) is 6.54 Å². The summed E-state index contributed by atoms with van der Waals surface area (Å²) >= 11 is 0. The summed E-state index contributed by atoms with van der Waals surface area (Å²) in [4.78, 5) is 35.1. The number of esters is 1. The Hall–Kier alpha value is -2.37. The summed E-state index contributed by atoms with van der Waals surface area (Å²) in [6, 6.07) is 6.63. The van der Waals surface area contributed by atoms with Gasteiger partial charge in [-0.25, -0.2) is 4.79 Å². The average Bonchev–Trinajstić information content (AvgIpc) is 2.63. The Morgan fingerprint density at radius 1 is 1.08 bits per heavy atom. The van der Waals surface area contributed by atoms with Crippen molar-refractivity contribution in [1.82, 2.24) is 5.32 Å². The maximum absolute atomic E-state index is 12.3. The number of carbonyl (C=O) groups is 3. The van der Waals surface area contributed by atoms with Crippen molar-refractivity contribution in [3.63, 3.8) is 0 Å². The lowest BCUT2D eigenvalue weighted by Crippen LogP contribution is -2.37. The highest BCUT2D eigenvalue weighted by atomic mass is 16.5. The van der Waals surface area contributed by atoms with Crippen LogP contribution in [0.4, 0.5) is 0 Å². The van der Waals surface area contributed by atoms with Gasteiger partial charge in [0.05, 0.1) is 5.56 Å². The van der Waals surface area contributed by atoms with E-state index in [0.29, 0.717) is 24.9 Å². The molecule has 1 unspecified atom stereocenters. The van der Waals surface area contributed by atoms with Gasteiger partial charge >= 0.3 is 11.9 Å². The quantitative estimate of drug-likeness (QED) is 0.439. The van der Waals surface area contributed by atoms with Gasteiger partial charge in [-0.2, -0.15) is 0 Å². The van der Waals surface area contributed by atoms with Crippen molar-refractivity contribution >= 4 is 17.8 Å². The molecule has 26 heavy (non-hydrogen) atoms. The van der Waals surface area contributed by atoms with Crippen molar-refractivity contribution < 1.29 is 24.2 Å². The number of carboxylic acid groups (broad SMARTS) is 1. The van der Waals surface area contributed by atoms with E-state index < -0.39 is 18.0 Å². The minimum absolute atomic E-state index is 0.0425. The molecule has 0 saturated heterocycles. The van der Waals surface area contributed by atoms with Gasteiger partial charge in [-0.05, 0) is 43.9 Å². The number of aliphatic carboxylic acids is 1. The van der Waals surface area contributed by atoms with Gasteiger partial charge in [0.2, 0.25) is 0 Å². The van der Waals surface area contributed by atoms with Crippen LogP contribution in [0.25, 0.3) is 0 Å². The predicted octanol–water partition coefficient (Wildman–Crippen LogP) is 3.34. The van der Waals surface area contributed by atoms with Crippen LogP contribution in [0.5, 0.6) is 0 Å². The number of amides is 1. The number of carbonyl (C=O) groups excluding carboxylic acids is 2. The van der Waals surface area contributed by atoms with Gasteiger partial charge in [-0.1, -0.05) is 38.3 Å². The summed E-state index contributed by atoms with van der Waals surface area (Å²) in [6.07, 6.45) is 4.19. The second-order valence-corrected chi connectivity index (χ2v) is 6.23. The maximum atomic E-state index is 12.3. The number of rotatable bonds is 12. The van der Waals surface area contributed by atoms with E-state index in [1.165, 1.54) is 0 Å². The molecule has 0 aliphatic rings. The molecule has 0 aromatic heterocycles. The molecule has 0 fully saturated rings. The van der Waals surface area contributed by atoms with Gasteiger partial charge < -0.3 is 15.2 Å². The van der Waals surface area contributed by atoms with Crippen molar-refractivity contribution in [2.24, 2.45) is 0 Å². The summed E-state index contributed by atoms with van der Waals surface area (Å²) < 4.78 is 5.42. The van der Waals surface area contributed by atoms with E-state index >= 15 is 0 Å². The minimum Gasteiger partial charge on any atom is -0.481 e. The van der Waals surface area contributed by atoms with Gasteiger partial charge in [0.15, 0.2) is 6.10 Å². The Kier molecular flexibility index (Phi) is 10.1. The summed E-state index contributed by atoms with van der Waals surface area (Å²) in [7, 11) is 0. The SMILES string of the molecule is CCCCCCC(OC(=O)c1ccc(CCC(=O)O)cc1)C(=O)NCC. The molecule has 2 N–H and O–H groups in total. The van der Waals surface area contributed by atoms with Crippen molar-refractivity contribution in [3.05, 3.63) is 35.4 Å². The molecule has 144 valence electrons. The number of nitrogens with one attached hydrogen (secondary N) is 1. The van der Waals surface area contributed by atoms with E-state index in [1.54, 1.807) is 24.3 Å². The van der Waals surface area contributed by atoms with Crippen LogP contribution >= 0.6 is 0 Å². The lowest BCUT2D eigenvalue weighted by molar-refractivity contribution is -0.137. The number of aryl methyl sites for hydroxylation is 1. The molecule has 6 heteroatoms. The zero-order valence-corrected chi connectivity index (χ0v) is 15.6. The van der Waals surface area contributed by atoms with Gasteiger partial charge in [0, 0.05) is 13.0 Å². The predicted molar refractivity (Wildman–Crippen MR) is 99.0 cm³/mol. The molecule has 0 saturated carbocycles. The van der Waals surface area contributed by atoms with E-state index in [-0.39, 0.29) is 12.3 Å². The van der Waals surface area contributed by atoms with Crippen LogP contribution in [-0.2, 0) is 20.7 Å². The fourth-order valence-electron chi connectivity index (χ4n) is 2.54. The number of benzene rings is 1. The molecule has 6 nitrogen and oxygen atoms in total. The standard InChI is InChI=1S/C20H29NO5/c1-3-5-6-7-8-17(19(24)21-4-2)26-20(25)16-12-9-15(10-13-16)11-14-18(22)23/h9-10,12-13,17H,3-8,11,14H2,1-2H3,(H,21,24)(H,22,23). The first-order chi connectivity index (χ1) is 12.5. The van der Waals surface area contributed by atoms with Gasteiger partial charge in [-0.3, -0.25) is 9.59 Å². The third-order valence-electron chi connectivity index (χ3n) is 4.03. The minimum atomic E-state index is -0.860. The van der Waals surface area contributed by atoms with Crippen molar-refractivity contribution in [3.8, 4) is 0 Å². The number of hydrogen-bond acceptors (Lipinski definition) is 4. The third-order valence-corrected chi connectivity index (χ3v) is 4.03. The molecular weight excluding hydrogens is 334 g/mol. The number of ether oxygens (including phenoxy) is 1. The van der Waals surface area contributed by atoms with Crippen LogP contribution in [0, 0.1) is 0 Å². The van der Waals surface area contributed by atoms with Crippen molar-refractivity contribution in [1.29, 1.82) is 0 Å². The fourth-order valence-corrected chi connectivity index (χ4v) is 2.54. The summed E-state index contributed by atoms with van der Waals surface area (Å²) in [6.45, 7) is 4.42. The smallest absolute Gasteiger partial charge is 0.338 e. The highest BCUT2D eigenvalue weighted by Gasteiger charge is 2.22. The molecule has 1 aromatic rings. The molecule has 0 aliphatic heterocycles. The van der Waals surface area contributed by atoms with E-state index in [4.69, 9.17) is 9.84 Å². The first kappa shape index (κ1) is 21.7. The third kappa shape index (κ3) is 8.14. The Morgan fingerprint density at radius 2 is 1.77 bits per heavy atom. The fraction of sp³-hybridized carbons (Fsp3) is 0.550. The molecule has 0 heterocycles. The number of hydrogen-bond donors (Lipinski definition) is 2. The van der Waals surface area contributed by atoms with E-state index in [2.05, 4.69) is 12.2 Å². The molecule has 1 amide bonds. The van der Waals surface area contributed by atoms with Crippen LogP contribution in [0.3, 0.4) is 0 Å². The van der Waals surface area contributed by atoms with Gasteiger partial charge in [0.1, 0.15) is 0 Å². The van der Waals surface area contributed by atoms with Crippen LogP contribution in [0.2, 0.25) is 0 Å². The Morgan fingerprint density at radius 3 is 2.35 bits per heavy atom. The highest BCUT2D eigenvalue weighted by Crippen LogP contribution is 2.13. The first-order valence-electron chi connectivity index (χ1n) is 9.27. The van der Waals surface area contributed by atoms with E-state index in [9.17, 15) is 14.4 Å². The Labute approximate surface area is 154 Å². The Bertz CT molecular complexity index is 582. The average molecular weight is 363 g/mol. The molecule has 1 atom stereocenters. The molecule has 0 aliphatic carbocycles. The van der Waals surface area contributed by atoms with Crippen LogP contribution in [0.15, 0.2) is 24.3 Å². The van der Waals surface area contributed by atoms with Crippen LogP contribution in [0.1, 0.15) is 68.3 Å². The number of likely N-dealkylation sites (N-methyl/N-ethyl adjacent to an activating group) is 1. The molecule has 1 rings (SSSR count). The van der Waals surface area contributed by atoms with Crippen LogP contribution in [-0.4, -0.2) is 35.6 Å². The zero-order valence-electron chi connectivity index (χ0n) is 15.6. The summed E-state index contributed by atoms with van der Waals surface area (Å²) in [5.41, 5.74) is 1.19. The number of carboxylic acids is 1. The molecule has 1 aromatic carbocycles. The second kappa shape index (κ2) is 12.1. The normalized spacial score (nSPS) is 11.6. The summed E-state index contributed by atoms with van der Waals surface area (Å²) in [5, 5.41) is 11.4. The zero-order chi connectivity index (χ0) is 19.4. The Balaban J connectivity index is 2.65. The van der Waals surface area contributed by atoms with Gasteiger partial charge in [0.25, 0.3) is 5.91 Å². The van der Waals surface area contributed by atoms with Crippen molar-refractivity contribution in [2.45, 2.75) is 64.9 Å².